The minimum atomic E-state index is -0.448. The number of aromatic nitrogens is 9. The Hall–Kier alpha value is -17.4. The van der Waals surface area contributed by atoms with Gasteiger partial charge in [0.15, 0.2) is 17.5 Å². The summed E-state index contributed by atoms with van der Waals surface area (Å²) in [6.07, 6.45) is 0. The monoisotopic (exact) mass is 1650 g/mol. The van der Waals surface area contributed by atoms with Crippen LogP contribution in [0.5, 0.6) is 0 Å². The molecule has 0 saturated heterocycles. The Bertz CT molecular complexity index is 10200. The number of rotatable bonds is 6. The van der Waals surface area contributed by atoms with Crippen molar-refractivity contribution in [3.05, 3.63) is 418 Å². The maximum atomic E-state index is 8.97. The molecule has 27 aromatic rings. The predicted molar refractivity (Wildman–Crippen MR) is 536 cm³/mol. The Morgan fingerprint density at radius 2 is 0.465 bits per heavy atom. The minimum absolute atomic E-state index is 0.0173. The van der Waals surface area contributed by atoms with Gasteiger partial charge in [-0.3, -0.25) is 13.7 Å². The quantitative estimate of drug-likeness (QED) is 0.154. The number of para-hydroxylation sites is 2. The van der Waals surface area contributed by atoms with E-state index in [4.69, 9.17) is 43.6 Å². The lowest BCUT2D eigenvalue weighted by Gasteiger charge is -2.16. The molecule has 129 heavy (non-hydrogen) atoms. The van der Waals surface area contributed by atoms with E-state index in [-0.39, 0.29) is 46.7 Å². The second-order valence-corrected chi connectivity index (χ2v) is 33.4. The van der Waals surface area contributed by atoms with Gasteiger partial charge in [0.1, 0.15) is 17.1 Å². The topological polar surface area (TPSA) is 92.1 Å². The van der Waals surface area contributed by atoms with Crippen LogP contribution in [0.15, 0.2) is 418 Å². The summed E-state index contributed by atoms with van der Waals surface area (Å²) in [5, 5.41) is 20.5. The molecule has 0 spiro atoms. The van der Waals surface area contributed by atoms with Gasteiger partial charge >= 0.3 is 0 Å². The highest BCUT2D eigenvalue weighted by Gasteiger charge is 2.32. The minimum Gasteiger partial charge on any atom is -0.292 e. The molecule has 6 aromatic heterocycles. The van der Waals surface area contributed by atoms with Gasteiger partial charge in [-0.1, -0.05) is 352 Å². The van der Waals surface area contributed by atoms with E-state index in [1.165, 1.54) is 65.7 Å². The van der Waals surface area contributed by atoms with E-state index >= 15 is 0 Å². The van der Waals surface area contributed by atoms with Crippen molar-refractivity contribution in [1.82, 2.24) is 43.6 Å². The summed E-state index contributed by atoms with van der Waals surface area (Å²) in [6.45, 7) is 0. The van der Waals surface area contributed by atoms with Gasteiger partial charge < -0.3 is 0 Å². The average Bonchev–Trinajstić information content (AvgIpc) is 1.55. The van der Waals surface area contributed by atoms with Crippen molar-refractivity contribution in [2.75, 3.05) is 0 Å². The maximum absolute atomic E-state index is 8.97. The summed E-state index contributed by atoms with van der Waals surface area (Å²) < 4.78 is 92.4. The molecule has 0 saturated carbocycles. The molecule has 594 valence electrons. The zero-order chi connectivity index (χ0) is 92.9. The van der Waals surface area contributed by atoms with Crippen LogP contribution in [0.25, 0.3) is 281 Å². The lowest BCUT2D eigenvalue weighted by atomic mass is 9.93. The van der Waals surface area contributed by atoms with Crippen molar-refractivity contribution in [2.45, 2.75) is 0 Å². The molecule has 0 atom stereocenters. The summed E-state index contributed by atoms with van der Waals surface area (Å²) in [5.41, 5.74) is 26.7. The van der Waals surface area contributed by atoms with E-state index in [9.17, 15) is 0 Å². The summed E-state index contributed by atoms with van der Waals surface area (Å²) in [5.74, 6) is 1.65. The highest BCUT2D eigenvalue weighted by atomic mass is 15.1. The molecule has 6 heterocycles. The molecule has 3 aliphatic carbocycles. The first kappa shape index (κ1) is 61.8. The van der Waals surface area contributed by atoms with E-state index < -0.39 is 36.3 Å². The first-order valence-corrected chi connectivity index (χ1v) is 43.2. The molecule has 0 N–H and O–H groups in total. The van der Waals surface area contributed by atoms with Gasteiger partial charge in [0.2, 0.25) is 0 Å². The molecule has 9 heteroatoms. The molecule has 0 fully saturated rings. The molecular weight excluding hydrogens is 1570 g/mol. The number of hydrogen-bond donors (Lipinski definition) is 0. The second kappa shape index (κ2) is 27.5. The van der Waals surface area contributed by atoms with Gasteiger partial charge in [-0.2, -0.15) is 0 Å². The highest BCUT2D eigenvalue weighted by Crippen LogP contribution is 2.55. The first-order chi connectivity index (χ1) is 68.2. The summed E-state index contributed by atoms with van der Waals surface area (Å²) in [4.78, 5) is 31.6. The third-order valence-corrected chi connectivity index (χ3v) is 26.7. The molecule has 0 bridgehead atoms. The Morgan fingerprint density at radius 3 is 0.876 bits per heavy atom. The maximum Gasteiger partial charge on any atom is 0.165 e. The van der Waals surface area contributed by atoms with Crippen LogP contribution in [0.3, 0.4) is 0 Å². The van der Waals surface area contributed by atoms with E-state index in [0.29, 0.717) is 33.7 Å². The normalized spacial score (nSPS) is 13.3. The molecule has 21 aromatic carbocycles. The average molecular weight is 1650 g/mol. The van der Waals surface area contributed by atoms with Crippen LogP contribution in [0, 0.1) is 0 Å². The van der Waals surface area contributed by atoms with Gasteiger partial charge in [0.25, 0.3) is 0 Å². The summed E-state index contributed by atoms with van der Waals surface area (Å²) >= 11 is 0. The van der Waals surface area contributed by atoms with Gasteiger partial charge in [-0.05, 0) is 187 Å². The highest BCUT2D eigenvalue weighted by molar-refractivity contribution is 6.34. The first-order valence-electron chi connectivity index (χ1n) is 48.2. The third-order valence-electron chi connectivity index (χ3n) is 26.7. The number of benzene rings is 21. The second-order valence-electron chi connectivity index (χ2n) is 33.4. The fraction of sp³-hybridized carbons (Fsp3) is 0. The Balaban J connectivity index is 0.000000103. The number of fused-ring (bicyclic) bond motifs is 17. The lowest BCUT2D eigenvalue weighted by molar-refractivity contribution is 1.08. The summed E-state index contributed by atoms with van der Waals surface area (Å²) in [7, 11) is 0. The van der Waals surface area contributed by atoms with Crippen LogP contribution in [0.1, 0.15) is 13.7 Å². The van der Waals surface area contributed by atoms with Crippen LogP contribution in [-0.2, 0) is 0 Å². The van der Waals surface area contributed by atoms with Gasteiger partial charge in [0, 0.05) is 59.8 Å². The molecule has 0 amide bonds. The smallest absolute Gasteiger partial charge is 0.165 e. The van der Waals surface area contributed by atoms with E-state index in [0.717, 1.165) is 159 Å². The predicted octanol–water partition coefficient (Wildman–Crippen LogP) is 31.0. The van der Waals surface area contributed by atoms with Crippen molar-refractivity contribution in [2.24, 2.45) is 0 Å². The zero-order valence-corrected chi connectivity index (χ0v) is 68.6. The van der Waals surface area contributed by atoms with E-state index in [2.05, 4.69) is 294 Å². The molecular formula is C120H69N9. The lowest BCUT2D eigenvalue weighted by Crippen LogP contribution is -2.04. The van der Waals surface area contributed by atoms with Crippen molar-refractivity contribution in [3.63, 3.8) is 0 Å². The Kier molecular flexibility index (Phi) is 13.2. The fourth-order valence-corrected chi connectivity index (χ4v) is 21.3. The van der Waals surface area contributed by atoms with E-state index in [1.807, 2.05) is 77.4 Å². The van der Waals surface area contributed by atoms with E-state index in [1.54, 1.807) is 0 Å². The zero-order valence-electron chi connectivity index (χ0n) is 78.6. The van der Waals surface area contributed by atoms with Crippen molar-refractivity contribution < 1.29 is 13.7 Å². The Morgan fingerprint density at radius 1 is 0.178 bits per heavy atom. The molecule has 0 unspecified atom stereocenters. The van der Waals surface area contributed by atoms with Crippen LogP contribution in [0.4, 0.5) is 0 Å². The van der Waals surface area contributed by atoms with Crippen molar-refractivity contribution in [3.8, 4) is 118 Å². The number of hydrogen-bond acceptors (Lipinski definition) is 6. The van der Waals surface area contributed by atoms with Gasteiger partial charge in [-0.25, -0.2) is 29.9 Å². The van der Waals surface area contributed by atoms with Gasteiger partial charge in [0.05, 0.1) is 79.9 Å². The standard InChI is InChI=1S/C44H25N3.C40H23N3.C36H21N3/c1-2-11-29-25-30(20-19-26(29)9-1)42-44(46-43-31-13-4-3-10-27(31)21-23-36(43)45-42)47-37-18-8-17-35-33-15-6-5-14-32(33)34-16-7-12-28-22-24-38(47)41(39(28)34)40(35)37;1-2-11-26(12-3-1)38-40(42-39-27-14-5-4-10-24(27)20-22-32(39)41-38)43-33-19-9-18-31-29-16-7-6-15-28(29)30-17-8-13-25-21-23-34(43)37(35(25)30)36(31)33;1-2-10-23(11-3-1)35-36(38-29-18-7-6-17-28(29)37-35)39-30-19-9-16-27-25-14-5-4-13-24(25)26-15-8-12-22-20-21-31(39)34(32(22)26)33(27)30/h1-25H;1-23H;1-21H/i;1D,2D,3D,11D,12D;1D,2D,3D,10D,11D. The van der Waals surface area contributed by atoms with Crippen LogP contribution < -0.4 is 0 Å². The van der Waals surface area contributed by atoms with Crippen molar-refractivity contribution >= 4 is 163 Å². The van der Waals surface area contributed by atoms with Crippen LogP contribution in [0.2, 0.25) is 0 Å². The molecule has 0 radical (unpaired) electrons. The van der Waals surface area contributed by atoms with Crippen molar-refractivity contribution in [1.29, 1.82) is 0 Å². The summed E-state index contributed by atoms with van der Waals surface area (Å²) in [6, 6.07) is 121. The molecule has 3 aliphatic rings. The third kappa shape index (κ3) is 10.4. The molecule has 30 rings (SSSR count). The fourth-order valence-electron chi connectivity index (χ4n) is 21.3. The SMILES string of the molecule is [2H]c1c([2H])c([2H])c(-c2nc3ccc4ccccc4c3nc2-n2c3cccc4c3c3c5c(cccc5ccc32)-c2ccccc2-4)c([2H])c1[2H].[2H]c1c([2H])c([2H])c(-c2nc3ccccc3nc2-n2c3cccc4c3c3c5c(cccc5ccc32)-c2ccccc2-4)c([2H])c1[2H].c1ccc2c(c1)-c1cccc3ccc4c(c13)c1c-2cccc1n4-c1nc2c(ccc3ccccc32)nc1-c1ccc2ccccc2c1. The van der Waals surface area contributed by atoms with Crippen LogP contribution >= 0.6 is 0 Å². The largest absolute Gasteiger partial charge is 0.292 e. The molecule has 9 nitrogen and oxygen atoms in total. The van der Waals surface area contributed by atoms with Gasteiger partial charge in [-0.15, -0.1) is 0 Å². The van der Waals surface area contributed by atoms with Crippen LogP contribution in [-0.4, -0.2) is 43.6 Å². The Labute approximate surface area is 752 Å². The molecule has 0 aliphatic heterocycles. The number of nitrogens with zero attached hydrogens (tertiary/aromatic N) is 9.